The molecule has 0 unspecified atom stereocenters. The Bertz CT molecular complexity index is 731. The molecule has 0 saturated heterocycles. The van der Waals surface area contributed by atoms with Gasteiger partial charge in [0.15, 0.2) is 6.61 Å². The largest absolute Gasteiger partial charge is 0.496 e. The summed E-state index contributed by atoms with van der Waals surface area (Å²) in [5.74, 6) is 1.21. The zero-order chi connectivity index (χ0) is 17.7. The van der Waals surface area contributed by atoms with Gasteiger partial charge in [-0.15, -0.1) is 0 Å². The van der Waals surface area contributed by atoms with Crippen molar-refractivity contribution in [3.05, 3.63) is 58.1 Å². The van der Waals surface area contributed by atoms with Crippen LogP contribution in [0.5, 0.6) is 11.5 Å². The minimum atomic E-state index is -0.194. The van der Waals surface area contributed by atoms with Crippen LogP contribution in [0.3, 0.4) is 0 Å². The van der Waals surface area contributed by atoms with Crippen LogP contribution in [0.4, 0.5) is 0 Å². The van der Waals surface area contributed by atoms with Crippen molar-refractivity contribution in [2.24, 2.45) is 0 Å². The van der Waals surface area contributed by atoms with Gasteiger partial charge in [-0.1, -0.05) is 29.3 Å². The first kappa shape index (κ1) is 18.1. The number of amides is 1. The van der Waals surface area contributed by atoms with Crippen molar-refractivity contribution in [2.45, 2.75) is 26.8 Å². The number of ether oxygens (including phenoxy) is 2. The molecule has 24 heavy (non-hydrogen) atoms. The van der Waals surface area contributed by atoms with E-state index in [1.54, 1.807) is 25.3 Å². The smallest absolute Gasteiger partial charge is 0.258 e. The summed E-state index contributed by atoms with van der Waals surface area (Å²) in [4.78, 5) is 12.2. The van der Waals surface area contributed by atoms with Crippen LogP contribution in [0.1, 0.15) is 29.7 Å². The number of benzene rings is 2. The second kappa shape index (κ2) is 8.06. The molecular formula is C19H22ClNO3. The molecule has 1 N–H and O–H groups in total. The molecule has 2 rings (SSSR count). The first-order valence-corrected chi connectivity index (χ1v) is 8.11. The SMILES string of the molecule is COc1ccc(C)cc1[C@H](C)NC(=O)COc1ccc(Cl)cc1C. The predicted octanol–water partition coefficient (Wildman–Crippen LogP) is 4.22. The Morgan fingerprint density at radius 1 is 1.17 bits per heavy atom. The maximum Gasteiger partial charge on any atom is 0.258 e. The van der Waals surface area contributed by atoms with Crippen molar-refractivity contribution in [1.29, 1.82) is 0 Å². The van der Waals surface area contributed by atoms with Gasteiger partial charge in [-0.2, -0.15) is 0 Å². The third-order valence-electron chi connectivity index (χ3n) is 3.72. The zero-order valence-electron chi connectivity index (χ0n) is 14.4. The highest BCUT2D eigenvalue weighted by molar-refractivity contribution is 6.30. The quantitative estimate of drug-likeness (QED) is 0.851. The molecule has 0 saturated carbocycles. The van der Waals surface area contributed by atoms with Crippen molar-refractivity contribution < 1.29 is 14.3 Å². The van der Waals surface area contributed by atoms with E-state index in [9.17, 15) is 4.79 Å². The average molecular weight is 348 g/mol. The van der Waals surface area contributed by atoms with Gasteiger partial charge in [0.25, 0.3) is 5.91 Å². The van der Waals surface area contributed by atoms with E-state index in [4.69, 9.17) is 21.1 Å². The number of methoxy groups -OCH3 is 1. The minimum Gasteiger partial charge on any atom is -0.496 e. The monoisotopic (exact) mass is 347 g/mol. The first-order chi connectivity index (χ1) is 11.4. The standard InChI is InChI=1S/C19H22ClNO3/c1-12-5-7-18(23-4)16(9-12)14(3)21-19(22)11-24-17-8-6-15(20)10-13(17)2/h5-10,14H,11H2,1-4H3,(H,21,22)/t14-/m0/s1. The van der Waals surface area contributed by atoms with E-state index >= 15 is 0 Å². The molecule has 0 bridgehead atoms. The van der Waals surface area contributed by atoms with E-state index in [2.05, 4.69) is 5.32 Å². The van der Waals surface area contributed by atoms with Crippen LogP contribution in [0, 0.1) is 13.8 Å². The Kier molecular flexibility index (Phi) is 6.10. The summed E-state index contributed by atoms with van der Waals surface area (Å²) < 4.78 is 10.9. The van der Waals surface area contributed by atoms with Crippen LogP contribution < -0.4 is 14.8 Å². The molecular weight excluding hydrogens is 326 g/mol. The summed E-state index contributed by atoms with van der Waals surface area (Å²) in [6.45, 7) is 5.76. The molecule has 0 aliphatic rings. The van der Waals surface area contributed by atoms with E-state index in [1.165, 1.54) is 0 Å². The first-order valence-electron chi connectivity index (χ1n) is 7.73. The Labute approximate surface area is 147 Å². The van der Waals surface area contributed by atoms with Gasteiger partial charge in [-0.3, -0.25) is 4.79 Å². The molecule has 0 spiro atoms. The van der Waals surface area contributed by atoms with Crippen molar-refractivity contribution in [3.63, 3.8) is 0 Å². The normalized spacial score (nSPS) is 11.7. The molecule has 0 heterocycles. The third-order valence-corrected chi connectivity index (χ3v) is 3.96. The molecule has 0 radical (unpaired) electrons. The average Bonchev–Trinajstić information content (AvgIpc) is 2.54. The van der Waals surface area contributed by atoms with E-state index in [0.29, 0.717) is 10.8 Å². The fraction of sp³-hybridized carbons (Fsp3) is 0.316. The van der Waals surface area contributed by atoms with E-state index in [-0.39, 0.29) is 18.6 Å². The number of aryl methyl sites for hydroxylation is 2. The molecule has 0 aliphatic heterocycles. The fourth-order valence-electron chi connectivity index (χ4n) is 2.47. The number of rotatable bonds is 6. The van der Waals surface area contributed by atoms with Crippen molar-refractivity contribution >= 4 is 17.5 Å². The molecule has 2 aromatic rings. The van der Waals surface area contributed by atoms with Crippen LogP contribution in [0.2, 0.25) is 5.02 Å². The van der Waals surface area contributed by atoms with Crippen molar-refractivity contribution in [1.82, 2.24) is 5.32 Å². The van der Waals surface area contributed by atoms with Gasteiger partial charge in [-0.25, -0.2) is 0 Å². The topological polar surface area (TPSA) is 47.6 Å². The molecule has 5 heteroatoms. The lowest BCUT2D eigenvalue weighted by Gasteiger charge is -2.18. The highest BCUT2D eigenvalue weighted by Gasteiger charge is 2.15. The number of hydrogen-bond donors (Lipinski definition) is 1. The van der Waals surface area contributed by atoms with Crippen LogP contribution in [-0.4, -0.2) is 19.6 Å². The Morgan fingerprint density at radius 3 is 2.54 bits per heavy atom. The molecule has 1 amide bonds. The lowest BCUT2D eigenvalue weighted by molar-refractivity contribution is -0.123. The van der Waals surface area contributed by atoms with Crippen LogP contribution in [0.15, 0.2) is 36.4 Å². The summed E-state index contributed by atoms with van der Waals surface area (Å²) in [5.41, 5.74) is 2.94. The summed E-state index contributed by atoms with van der Waals surface area (Å²) in [5, 5.41) is 3.57. The Balaban J connectivity index is 1.98. The number of halogens is 1. The number of carbonyl (C=O) groups excluding carboxylic acids is 1. The predicted molar refractivity (Wildman–Crippen MR) is 96.0 cm³/mol. The van der Waals surface area contributed by atoms with Gasteiger partial charge in [0.1, 0.15) is 11.5 Å². The highest BCUT2D eigenvalue weighted by Crippen LogP contribution is 2.26. The van der Waals surface area contributed by atoms with Gasteiger partial charge in [0, 0.05) is 10.6 Å². The van der Waals surface area contributed by atoms with Gasteiger partial charge < -0.3 is 14.8 Å². The van der Waals surface area contributed by atoms with Crippen molar-refractivity contribution in [2.75, 3.05) is 13.7 Å². The molecule has 2 aromatic carbocycles. The lowest BCUT2D eigenvalue weighted by Crippen LogP contribution is -2.31. The second-order valence-corrected chi connectivity index (χ2v) is 6.17. The van der Waals surface area contributed by atoms with E-state index in [0.717, 1.165) is 22.4 Å². The Hall–Kier alpha value is -2.20. The van der Waals surface area contributed by atoms with Crippen LogP contribution >= 0.6 is 11.6 Å². The molecule has 1 atom stereocenters. The summed E-state index contributed by atoms with van der Waals surface area (Å²) in [6, 6.07) is 11.0. The van der Waals surface area contributed by atoms with Crippen LogP contribution in [-0.2, 0) is 4.79 Å². The maximum atomic E-state index is 12.2. The van der Waals surface area contributed by atoms with Gasteiger partial charge in [0.2, 0.25) is 0 Å². The summed E-state index contributed by atoms with van der Waals surface area (Å²) >= 11 is 5.91. The minimum absolute atomic E-state index is 0.0546. The number of hydrogen-bond acceptors (Lipinski definition) is 3. The second-order valence-electron chi connectivity index (χ2n) is 5.73. The summed E-state index contributed by atoms with van der Waals surface area (Å²) in [7, 11) is 1.62. The Morgan fingerprint density at radius 2 is 1.88 bits per heavy atom. The third kappa shape index (κ3) is 4.65. The molecule has 0 fully saturated rings. The summed E-state index contributed by atoms with van der Waals surface area (Å²) in [6.07, 6.45) is 0. The highest BCUT2D eigenvalue weighted by atomic mass is 35.5. The van der Waals surface area contributed by atoms with E-state index in [1.807, 2.05) is 39.0 Å². The van der Waals surface area contributed by atoms with Gasteiger partial charge in [-0.05, 0) is 50.6 Å². The molecule has 4 nitrogen and oxygen atoms in total. The molecule has 128 valence electrons. The maximum absolute atomic E-state index is 12.2. The van der Waals surface area contributed by atoms with Crippen LogP contribution in [0.25, 0.3) is 0 Å². The van der Waals surface area contributed by atoms with Crippen molar-refractivity contribution in [3.8, 4) is 11.5 Å². The number of nitrogens with one attached hydrogen (secondary N) is 1. The van der Waals surface area contributed by atoms with E-state index < -0.39 is 0 Å². The fourth-order valence-corrected chi connectivity index (χ4v) is 2.70. The molecule has 0 aliphatic carbocycles. The lowest BCUT2D eigenvalue weighted by atomic mass is 10.0. The number of carbonyl (C=O) groups is 1. The zero-order valence-corrected chi connectivity index (χ0v) is 15.1. The van der Waals surface area contributed by atoms with Gasteiger partial charge >= 0.3 is 0 Å². The molecule has 0 aromatic heterocycles. The van der Waals surface area contributed by atoms with Gasteiger partial charge in [0.05, 0.1) is 13.2 Å².